The number of ether oxygens (including phenoxy) is 1. The third-order valence-corrected chi connectivity index (χ3v) is 2.06. The Balaban J connectivity index is 2.46. The molecule has 0 saturated carbocycles. The molecule has 0 aromatic heterocycles. The van der Waals surface area contributed by atoms with E-state index in [9.17, 15) is 0 Å². The van der Waals surface area contributed by atoms with Gasteiger partial charge in [0.2, 0.25) is 0 Å². The molecule has 13 heavy (non-hydrogen) atoms. The molecule has 0 heterocycles. The number of hydrogen-bond donors (Lipinski definition) is 2. The van der Waals surface area contributed by atoms with Crippen molar-refractivity contribution < 1.29 is 4.74 Å². The molecule has 0 atom stereocenters. The Hall–Kier alpha value is -0.670. The molecular formula is C10H15NOS. The van der Waals surface area contributed by atoms with Crippen LogP contribution in [0.3, 0.4) is 0 Å². The van der Waals surface area contributed by atoms with Crippen LogP contribution in [0.15, 0.2) is 24.3 Å². The van der Waals surface area contributed by atoms with Crippen LogP contribution in [0.4, 0.5) is 0 Å². The molecule has 1 aromatic carbocycles. The summed E-state index contributed by atoms with van der Waals surface area (Å²) in [5.74, 6) is 1.65. The van der Waals surface area contributed by atoms with Crippen molar-refractivity contribution in [2.75, 3.05) is 19.5 Å². The van der Waals surface area contributed by atoms with Crippen molar-refractivity contribution in [2.45, 2.75) is 6.42 Å². The maximum Gasteiger partial charge on any atom is 0.119 e. The van der Waals surface area contributed by atoms with Crippen LogP contribution in [-0.2, 0) is 6.42 Å². The zero-order chi connectivity index (χ0) is 9.52. The van der Waals surface area contributed by atoms with Crippen LogP contribution in [0.2, 0.25) is 0 Å². The van der Waals surface area contributed by atoms with E-state index >= 15 is 0 Å². The molecule has 0 aliphatic rings. The second kappa shape index (κ2) is 5.89. The van der Waals surface area contributed by atoms with Crippen molar-refractivity contribution in [1.29, 1.82) is 0 Å². The molecule has 2 nitrogen and oxygen atoms in total. The SMILES string of the molecule is COc1cccc(CCNCS)c1. The van der Waals surface area contributed by atoms with Gasteiger partial charge in [-0.1, -0.05) is 12.1 Å². The van der Waals surface area contributed by atoms with E-state index in [1.165, 1.54) is 5.56 Å². The molecule has 0 radical (unpaired) electrons. The predicted octanol–water partition coefficient (Wildman–Crippen LogP) is 1.71. The van der Waals surface area contributed by atoms with E-state index in [-0.39, 0.29) is 0 Å². The monoisotopic (exact) mass is 197 g/mol. The van der Waals surface area contributed by atoms with Crippen LogP contribution in [0.1, 0.15) is 5.56 Å². The van der Waals surface area contributed by atoms with Crippen molar-refractivity contribution in [3.63, 3.8) is 0 Å². The average Bonchev–Trinajstić information content (AvgIpc) is 2.19. The lowest BCUT2D eigenvalue weighted by Crippen LogP contribution is -2.14. The first kappa shape index (κ1) is 10.4. The first-order chi connectivity index (χ1) is 6.36. The molecule has 0 saturated heterocycles. The van der Waals surface area contributed by atoms with Crippen LogP contribution >= 0.6 is 12.6 Å². The van der Waals surface area contributed by atoms with Crippen LogP contribution in [0, 0.1) is 0 Å². The smallest absolute Gasteiger partial charge is 0.119 e. The van der Waals surface area contributed by atoms with Crippen LogP contribution in [-0.4, -0.2) is 19.5 Å². The average molecular weight is 197 g/mol. The van der Waals surface area contributed by atoms with E-state index in [2.05, 4.69) is 30.1 Å². The fourth-order valence-electron chi connectivity index (χ4n) is 1.14. The molecular weight excluding hydrogens is 182 g/mol. The molecule has 0 amide bonds. The van der Waals surface area contributed by atoms with E-state index in [4.69, 9.17) is 4.74 Å². The molecule has 0 aliphatic heterocycles. The zero-order valence-electron chi connectivity index (χ0n) is 7.79. The lowest BCUT2D eigenvalue weighted by atomic mass is 10.1. The number of nitrogens with one attached hydrogen (secondary N) is 1. The molecule has 1 aromatic rings. The van der Waals surface area contributed by atoms with Crippen LogP contribution < -0.4 is 10.1 Å². The molecule has 72 valence electrons. The molecule has 0 unspecified atom stereocenters. The minimum atomic E-state index is 0.726. The summed E-state index contributed by atoms with van der Waals surface area (Å²) < 4.78 is 5.13. The molecule has 0 spiro atoms. The van der Waals surface area contributed by atoms with Gasteiger partial charge in [-0.25, -0.2) is 0 Å². The van der Waals surface area contributed by atoms with Gasteiger partial charge in [-0.15, -0.1) is 0 Å². The van der Waals surface area contributed by atoms with Crippen LogP contribution in [0.25, 0.3) is 0 Å². The van der Waals surface area contributed by atoms with E-state index < -0.39 is 0 Å². The Bertz CT molecular complexity index is 252. The Morgan fingerprint density at radius 3 is 3.00 bits per heavy atom. The molecule has 1 rings (SSSR count). The largest absolute Gasteiger partial charge is 0.497 e. The van der Waals surface area contributed by atoms with Gasteiger partial charge in [-0.05, 0) is 30.7 Å². The fourth-order valence-corrected chi connectivity index (χ4v) is 1.30. The quantitative estimate of drug-likeness (QED) is 0.426. The number of benzene rings is 1. The summed E-state index contributed by atoms with van der Waals surface area (Å²) in [6.45, 7) is 0.955. The fraction of sp³-hybridized carbons (Fsp3) is 0.400. The highest BCUT2D eigenvalue weighted by Crippen LogP contribution is 2.12. The van der Waals surface area contributed by atoms with Gasteiger partial charge in [0.15, 0.2) is 0 Å². The van der Waals surface area contributed by atoms with Crippen molar-refractivity contribution in [3.8, 4) is 5.75 Å². The third kappa shape index (κ3) is 3.70. The number of rotatable bonds is 5. The molecule has 0 fully saturated rings. The number of thiol groups is 1. The number of methoxy groups -OCH3 is 1. The van der Waals surface area contributed by atoms with Crippen molar-refractivity contribution in [2.24, 2.45) is 0 Å². The summed E-state index contributed by atoms with van der Waals surface area (Å²) in [5, 5.41) is 3.16. The lowest BCUT2D eigenvalue weighted by molar-refractivity contribution is 0.414. The van der Waals surface area contributed by atoms with Gasteiger partial charge in [0.1, 0.15) is 5.75 Å². The topological polar surface area (TPSA) is 21.3 Å². The molecule has 0 aliphatic carbocycles. The van der Waals surface area contributed by atoms with Crippen molar-refractivity contribution in [1.82, 2.24) is 5.32 Å². The summed E-state index contributed by atoms with van der Waals surface area (Å²) in [6.07, 6.45) is 1.01. The summed E-state index contributed by atoms with van der Waals surface area (Å²) in [4.78, 5) is 0. The Labute approximate surface area is 84.7 Å². The molecule has 1 N–H and O–H groups in total. The van der Waals surface area contributed by atoms with Gasteiger partial charge in [0.25, 0.3) is 0 Å². The van der Waals surface area contributed by atoms with E-state index in [1.54, 1.807) is 7.11 Å². The van der Waals surface area contributed by atoms with Gasteiger partial charge < -0.3 is 10.1 Å². The van der Waals surface area contributed by atoms with Gasteiger partial charge in [-0.3, -0.25) is 0 Å². The van der Waals surface area contributed by atoms with Gasteiger partial charge >= 0.3 is 0 Å². The zero-order valence-corrected chi connectivity index (χ0v) is 8.68. The third-order valence-electron chi connectivity index (χ3n) is 1.84. The highest BCUT2D eigenvalue weighted by molar-refractivity contribution is 7.80. The van der Waals surface area contributed by atoms with E-state index in [0.717, 1.165) is 24.6 Å². The summed E-state index contributed by atoms with van der Waals surface area (Å²) >= 11 is 4.07. The van der Waals surface area contributed by atoms with E-state index in [0.29, 0.717) is 0 Å². The minimum Gasteiger partial charge on any atom is -0.497 e. The second-order valence-corrected chi connectivity index (χ2v) is 3.08. The second-order valence-electron chi connectivity index (χ2n) is 2.76. The first-order valence-corrected chi connectivity index (χ1v) is 4.94. The van der Waals surface area contributed by atoms with Gasteiger partial charge in [0.05, 0.1) is 7.11 Å². The molecule has 3 heteroatoms. The summed E-state index contributed by atoms with van der Waals surface area (Å²) in [5.41, 5.74) is 1.29. The summed E-state index contributed by atoms with van der Waals surface area (Å²) in [6, 6.07) is 8.12. The lowest BCUT2D eigenvalue weighted by Gasteiger charge is -2.04. The number of hydrogen-bond acceptors (Lipinski definition) is 3. The minimum absolute atomic E-state index is 0.726. The maximum absolute atomic E-state index is 5.13. The van der Waals surface area contributed by atoms with Crippen molar-refractivity contribution in [3.05, 3.63) is 29.8 Å². The van der Waals surface area contributed by atoms with Crippen LogP contribution in [0.5, 0.6) is 5.75 Å². The van der Waals surface area contributed by atoms with E-state index in [1.807, 2.05) is 12.1 Å². The normalized spacial score (nSPS) is 10.0. The standard InChI is InChI=1S/C10H15NOS/c1-12-10-4-2-3-9(7-10)5-6-11-8-13/h2-4,7,11,13H,5-6,8H2,1H3. The Kier molecular flexibility index (Phi) is 4.72. The Morgan fingerprint density at radius 2 is 2.31 bits per heavy atom. The molecule has 0 bridgehead atoms. The highest BCUT2D eigenvalue weighted by atomic mass is 32.1. The highest BCUT2D eigenvalue weighted by Gasteiger charge is 1.94. The maximum atomic E-state index is 5.13. The van der Waals surface area contributed by atoms with Gasteiger partial charge in [0, 0.05) is 5.88 Å². The van der Waals surface area contributed by atoms with Crippen molar-refractivity contribution >= 4 is 12.6 Å². The van der Waals surface area contributed by atoms with Gasteiger partial charge in [-0.2, -0.15) is 12.6 Å². The summed E-state index contributed by atoms with van der Waals surface area (Å²) in [7, 11) is 1.69. The Morgan fingerprint density at radius 1 is 1.46 bits per heavy atom. The first-order valence-electron chi connectivity index (χ1n) is 4.31. The predicted molar refractivity (Wildman–Crippen MR) is 58.6 cm³/mol.